The highest BCUT2D eigenvalue weighted by Gasteiger charge is 2.15. The Morgan fingerprint density at radius 1 is 1.12 bits per heavy atom. The molecule has 3 rings (SSSR count). The van der Waals surface area contributed by atoms with E-state index in [9.17, 15) is 4.57 Å². The van der Waals surface area contributed by atoms with Crippen LogP contribution < -0.4 is 9.26 Å². The lowest BCUT2D eigenvalue weighted by Crippen LogP contribution is -2.06. The first-order valence-corrected chi connectivity index (χ1v) is 9.87. The summed E-state index contributed by atoms with van der Waals surface area (Å²) in [6.07, 6.45) is 3.36. The molecule has 1 atom stereocenters. The van der Waals surface area contributed by atoms with Gasteiger partial charge in [0.1, 0.15) is 17.0 Å². The van der Waals surface area contributed by atoms with E-state index in [1.165, 1.54) is 0 Å². The third kappa shape index (κ3) is 3.48. The summed E-state index contributed by atoms with van der Waals surface area (Å²) >= 11 is 0. The summed E-state index contributed by atoms with van der Waals surface area (Å²) < 4.78 is 23.8. The second-order valence-corrected chi connectivity index (χ2v) is 6.69. The fourth-order valence-corrected chi connectivity index (χ4v) is 3.83. The van der Waals surface area contributed by atoms with Gasteiger partial charge in [0.25, 0.3) is 0 Å². The molecule has 0 radical (unpaired) electrons. The first kappa shape index (κ1) is 18.5. The Morgan fingerprint density at radius 2 is 1.88 bits per heavy atom. The molecule has 2 aromatic carbocycles. The van der Waals surface area contributed by atoms with Crippen LogP contribution in [0, 0.1) is 0 Å². The van der Waals surface area contributed by atoms with Gasteiger partial charge in [0.15, 0.2) is 0 Å². The minimum absolute atomic E-state index is 0.493. The molecule has 3 aromatic rings. The second-order valence-electron chi connectivity index (χ2n) is 5.96. The van der Waals surface area contributed by atoms with Gasteiger partial charge in [-0.3, -0.25) is 0 Å². The van der Waals surface area contributed by atoms with Crippen molar-refractivity contribution in [2.45, 2.75) is 33.2 Å². The highest BCUT2D eigenvalue weighted by Crippen LogP contribution is 2.33. The summed E-state index contributed by atoms with van der Waals surface area (Å²) in [5, 5.41) is 0. The van der Waals surface area contributed by atoms with E-state index in [2.05, 4.69) is 16.5 Å². The molecular formula is C19H23N2O4P. The van der Waals surface area contributed by atoms with E-state index in [1.807, 2.05) is 37.5 Å². The van der Waals surface area contributed by atoms with Crippen LogP contribution in [0.1, 0.15) is 30.5 Å². The number of benzene rings is 2. The first-order chi connectivity index (χ1) is 12.6. The van der Waals surface area contributed by atoms with Crippen molar-refractivity contribution in [3.63, 3.8) is 0 Å². The quantitative estimate of drug-likeness (QED) is 0.633. The van der Waals surface area contributed by atoms with Crippen molar-refractivity contribution in [1.29, 1.82) is 0 Å². The highest BCUT2D eigenvalue weighted by molar-refractivity contribution is 7.32. The Bertz CT molecular complexity index is 952. The van der Waals surface area contributed by atoms with Crippen LogP contribution in [0.4, 0.5) is 0 Å². The number of hydrogen-bond acceptors (Lipinski definition) is 4. The van der Waals surface area contributed by atoms with E-state index in [1.54, 1.807) is 13.2 Å². The molecule has 1 unspecified atom stereocenters. The fourth-order valence-electron chi connectivity index (χ4n) is 3.45. The van der Waals surface area contributed by atoms with Crippen LogP contribution >= 0.6 is 8.25 Å². The van der Waals surface area contributed by atoms with E-state index in [0.717, 1.165) is 46.3 Å². The van der Waals surface area contributed by atoms with Crippen LogP contribution in [-0.2, 0) is 24.0 Å². The molecule has 7 heteroatoms. The van der Waals surface area contributed by atoms with Gasteiger partial charge >= 0.3 is 8.25 Å². The lowest BCUT2D eigenvalue weighted by molar-refractivity contribution is 0.408. The van der Waals surface area contributed by atoms with Gasteiger partial charge in [0.05, 0.1) is 19.0 Å². The van der Waals surface area contributed by atoms with Gasteiger partial charge in [-0.2, -0.15) is 0 Å². The number of rotatable bonds is 7. The van der Waals surface area contributed by atoms with Crippen molar-refractivity contribution in [1.82, 2.24) is 9.55 Å². The number of para-hydroxylation sites is 1. The van der Waals surface area contributed by atoms with Gasteiger partial charge in [-0.05, 0) is 47.7 Å². The van der Waals surface area contributed by atoms with E-state index in [0.29, 0.717) is 12.3 Å². The molecule has 0 aliphatic heterocycles. The van der Waals surface area contributed by atoms with Gasteiger partial charge in [-0.15, -0.1) is 0 Å². The normalized spacial score (nSPS) is 12.3. The standard InChI is InChI=1S/C19H23N2O4P/c1-4-14-13(9-10-17(15(14)5-2)25-26(22)23)11-21-12-20-16-7-6-8-18(24-3)19(16)21/h6-10,12,26H,4-5,11H2,1-3H3,(H,22,23). The predicted molar refractivity (Wildman–Crippen MR) is 102 cm³/mol. The van der Waals surface area contributed by atoms with E-state index >= 15 is 0 Å². The molecule has 1 heterocycles. The monoisotopic (exact) mass is 374 g/mol. The predicted octanol–water partition coefficient (Wildman–Crippen LogP) is 3.98. The Labute approximate surface area is 153 Å². The van der Waals surface area contributed by atoms with Crippen LogP contribution in [0.25, 0.3) is 11.0 Å². The Kier molecular flexibility index (Phi) is 5.64. The van der Waals surface area contributed by atoms with Gasteiger partial charge < -0.3 is 18.7 Å². The zero-order chi connectivity index (χ0) is 18.7. The third-order valence-electron chi connectivity index (χ3n) is 4.55. The maximum Gasteiger partial charge on any atom is 0.365 e. The molecule has 0 saturated heterocycles. The SMILES string of the molecule is CCc1c(Cn2cnc3cccc(OC)c32)ccc(O[PH](=O)O)c1CC. The Hall–Kier alpha value is -2.30. The molecule has 0 aliphatic rings. The molecule has 0 amide bonds. The van der Waals surface area contributed by atoms with E-state index in [-0.39, 0.29) is 0 Å². The number of ether oxygens (including phenoxy) is 1. The van der Waals surface area contributed by atoms with Crippen LogP contribution in [0.15, 0.2) is 36.7 Å². The number of fused-ring (bicyclic) bond motifs is 1. The summed E-state index contributed by atoms with van der Waals surface area (Å²) in [5.41, 5.74) is 5.10. The van der Waals surface area contributed by atoms with Crippen molar-refractivity contribution in [3.05, 3.63) is 53.3 Å². The zero-order valence-corrected chi connectivity index (χ0v) is 16.2. The molecule has 0 spiro atoms. The highest BCUT2D eigenvalue weighted by atomic mass is 31.1. The Balaban J connectivity index is 2.07. The lowest BCUT2D eigenvalue weighted by atomic mass is 9.96. The van der Waals surface area contributed by atoms with Crippen LogP contribution in [-0.4, -0.2) is 21.6 Å². The van der Waals surface area contributed by atoms with E-state index < -0.39 is 8.25 Å². The lowest BCUT2D eigenvalue weighted by Gasteiger charge is -2.17. The average molecular weight is 374 g/mol. The van der Waals surface area contributed by atoms with Gasteiger partial charge in [0, 0.05) is 6.54 Å². The van der Waals surface area contributed by atoms with Crippen LogP contribution in [0.5, 0.6) is 11.5 Å². The molecule has 1 N–H and O–H groups in total. The minimum Gasteiger partial charge on any atom is -0.494 e. The summed E-state index contributed by atoms with van der Waals surface area (Å²) in [5.74, 6) is 1.28. The summed E-state index contributed by atoms with van der Waals surface area (Å²) in [6.45, 7) is 4.74. The number of aromatic nitrogens is 2. The molecule has 26 heavy (non-hydrogen) atoms. The van der Waals surface area contributed by atoms with E-state index in [4.69, 9.17) is 14.2 Å². The molecule has 138 valence electrons. The largest absolute Gasteiger partial charge is 0.494 e. The van der Waals surface area contributed by atoms with Crippen molar-refractivity contribution >= 4 is 19.3 Å². The topological polar surface area (TPSA) is 73.6 Å². The van der Waals surface area contributed by atoms with Gasteiger partial charge in [0.2, 0.25) is 0 Å². The fraction of sp³-hybridized carbons (Fsp3) is 0.316. The molecule has 6 nitrogen and oxygen atoms in total. The average Bonchev–Trinajstić information content (AvgIpc) is 3.05. The first-order valence-electron chi connectivity index (χ1n) is 8.61. The summed E-state index contributed by atoms with van der Waals surface area (Å²) in [6, 6.07) is 9.55. The number of imidazole rings is 1. The van der Waals surface area contributed by atoms with Crippen molar-refractivity contribution in [2.24, 2.45) is 0 Å². The van der Waals surface area contributed by atoms with Crippen LogP contribution in [0.2, 0.25) is 0 Å². The number of methoxy groups -OCH3 is 1. The summed E-state index contributed by atoms with van der Waals surface area (Å²) in [4.78, 5) is 13.6. The molecule has 0 bridgehead atoms. The maximum absolute atomic E-state index is 11.1. The third-order valence-corrected chi connectivity index (χ3v) is 4.95. The van der Waals surface area contributed by atoms with Crippen molar-refractivity contribution in [3.8, 4) is 11.5 Å². The van der Waals surface area contributed by atoms with Crippen molar-refractivity contribution < 1.29 is 18.7 Å². The van der Waals surface area contributed by atoms with Crippen LogP contribution in [0.3, 0.4) is 0 Å². The Morgan fingerprint density at radius 3 is 2.54 bits per heavy atom. The van der Waals surface area contributed by atoms with Gasteiger partial charge in [-0.1, -0.05) is 26.0 Å². The van der Waals surface area contributed by atoms with Gasteiger partial charge in [-0.25, -0.2) is 9.55 Å². The van der Waals surface area contributed by atoms with Crippen molar-refractivity contribution in [2.75, 3.05) is 7.11 Å². The minimum atomic E-state index is -3.02. The molecule has 0 aliphatic carbocycles. The molecule has 0 fully saturated rings. The second kappa shape index (κ2) is 7.94. The molecule has 0 saturated carbocycles. The molecule has 1 aromatic heterocycles. The number of nitrogens with zero attached hydrogens (tertiary/aromatic N) is 2. The summed E-state index contributed by atoms with van der Waals surface area (Å²) in [7, 11) is -1.37. The number of hydrogen-bond donors (Lipinski definition) is 1. The zero-order valence-electron chi connectivity index (χ0n) is 15.2. The molecular weight excluding hydrogens is 351 g/mol. The smallest absolute Gasteiger partial charge is 0.365 e. The maximum atomic E-state index is 11.1.